The molecule has 0 amide bonds. The van der Waals surface area contributed by atoms with E-state index in [-0.39, 0.29) is 5.75 Å². The van der Waals surface area contributed by atoms with Gasteiger partial charge in [0.15, 0.2) is 0 Å². The van der Waals surface area contributed by atoms with Crippen molar-refractivity contribution in [1.29, 1.82) is 0 Å². The highest BCUT2D eigenvalue weighted by atomic mass is 79.9. The number of nitrogens with one attached hydrogen (secondary N) is 1. The zero-order valence-corrected chi connectivity index (χ0v) is 11.6. The highest BCUT2D eigenvalue weighted by Gasteiger charge is 1.99. The van der Waals surface area contributed by atoms with E-state index in [0.717, 1.165) is 4.47 Å². The Morgan fingerprint density at radius 2 is 2.00 bits per heavy atom. The molecule has 0 aromatic heterocycles. The standard InChI is InChI=1S/C13H10BrClN2O/c14-10-5-6-13(18)9(7-10)8-16-17-12-4-2-1-3-11(12)15/h1-8,17-18H/b16-8-. The van der Waals surface area contributed by atoms with Crippen LogP contribution in [0.15, 0.2) is 52.0 Å². The molecule has 18 heavy (non-hydrogen) atoms. The third-order valence-electron chi connectivity index (χ3n) is 2.25. The Kier molecular flexibility index (Phi) is 4.23. The lowest BCUT2D eigenvalue weighted by Crippen LogP contribution is -1.91. The zero-order valence-electron chi connectivity index (χ0n) is 9.27. The van der Waals surface area contributed by atoms with Gasteiger partial charge < -0.3 is 5.11 Å². The van der Waals surface area contributed by atoms with Crippen molar-refractivity contribution in [2.45, 2.75) is 0 Å². The predicted molar refractivity (Wildman–Crippen MR) is 78.5 cm³/mol. The van der Waals surface area contributed by atoms with Gasteiger partial charge in [0.2, 0.25) is 0 Å². The van der Waals surface area contributed by atoms with E-state index in [9.17, 15) is 5.11 Å². The summed E-state index contributed by atoms with van der Waals surface area (Å²) in [6.45, 7) is 0. The fourth-order valence-electron chi connectivity index (χ4n) is 1.35. The second-order valence-corrected chi connectivity index (χ2v) is 4.88. The van der Waals surface area contributed by atoms with Gasteiger partial charge in [-0.25, -0.2) is 0 Å². The Balaban J connectivity index is 2.12. The summed E-state index contributed by atoms with van der Waals surface area (Å²) in [5.74, 6) is 0.169. The number of aromatic hydroxyl groups is 1. The molecule has 92 valence electrons. The summed E-state index contributed by atoms with van der Waals surface area (Å²) >= 11 is 9.30. The molecule has 0 atom stereocenters. The van der Waals surface area contributed by atoms with E-state index in [0.29, 0.717) is 16.3 Å². The molecule has 0 heterocycles. The van der Waals surface area contributed by atoms with Crippen LogP contribution in [0.5, 0.6) is 5.75 Å². The number of para-hydroxylation sites is 1. The molecule has 0 saturated carbocycles. The molecule has 5 heteroatoms. The molecule has 0 unspecified atom stereocenters. The van der Waals surface area contributed by atoms with Crippen molar-refractivity contribution in [3.63, 3.8) is 0 Å². The molecule has 0 saturated heterocycles. The third kappa shape index (κ3) is 3.24. The van der Waals surface area contributed by atoms with Crippen LogP contribution in [0.1, 0.15) is 5.56 Å². The molecule has 3 nitrogen and oxygen atoms in total. The molecular weight excluding hydrogens is 316 g/mol. The highest BCUT2D eigenvalue weighted by molar-refractivity contribution is 9.10. The van der Waals surface area contributed by atoms with Crippen LogP contribution in [-0.2, 0) is 0 Å². The number of halogens is 2. The molecule has 0 radical (unpaired) electrons. The largest absolute Gasteiger partial charge is 0.507 e. The van der Waals surface area contributed by atoms with E-state index in [1.54, 1.807) is 24.3 Å². The summed E-state index contributed by atoms with van der Waals surface area (Å²) in [7, 11) is 0. The summed E-state index contributed by atoms with van der Waals surface area (Å²) in [6, 6.07) is 12.4. The molecule has 0 aliphatic rings. The van der Waals surface area contributed by atoms with Gasteiger partial charge in [-0.2, -0.15) is 5.10 Å². The van der Waals surface area contributed by atoms with Crippen LogP contribution in [0.4, 0.5) is 5.69 Å². The summed E-state index contributed by atoms with van der Waals surface area (Å²) in [5.41, 5.74) is 4.15. The SMILES string of the molecule is Oc1ccc(Br)cc1/C=N\Nc1ccccc1Cl. The molecule has 0 bridgehead atoms. The number of anilines is 1. The molecule has 0 aliphatic heterocycles. The van der Waals surface area contributed by atoms with Crippen molar-refractivity contribution in [1.82, 2.24) is 0 Å². The summed E-state index contributed by atoms with van der Waals surface area (Å²) in [5, 5.41) is 14.2. The first-order chi connectivity index (χ1) is 8.66. The van der Waals surface area contributed by atoms with Gasteiger partial charge in [-0.15, -0.1) is 0 Å². The Morgan fingerprint density at radius 1 is 1.22 bits per heavy atom. The van der Waals surface area contributed by atoms with E-state index in [4.69, 9.17) is 11.6 Å². The summed E-state index contributed by atoms with van der Waals surface area (Å²) in [4.78, 5) is 0. The number of nitrogens with zero attached hydrogens (tertiary/aromatic N) is 1. The molecule has 2 aromatic carbocycles. The summed E-state index contributed by atoms with van der Waals surface area (Å²) in [6.07, 6.45) is 1.53. The van der Waals surface area contributed by atoms with Crippen LogP contribution in [0.3, 0.4) is 0 Å². The second kappa shape index (κ2) is 5.89. The van der Waals surface area contributed by atoms with Gasteiger partial charge >= 0.3 is 0 Å². The van der Waals surface area contributed by atoms with Crippen molar-refractivity contribution < 1.29 is 5.11 Å². The number of benzene rings is 2. The number of hydrazone groups is 1. The second-order valence-electron chi connectivity index (χ2n) is 3.55. The molecule has 0 aliphatic carbocycles. The van der Waals surface area contributed by atoms with E-state index in [2.05, 4.69) is 26.5 Å². The van der Waals surface area contributed by atoms with Gasteiger partial charge in [-0.3, -0.25) is 5.43 Å². The fourth-order valence-corrected chi connectivity index (χ4v) is 1.91. The van der Waals surface area contributed by atoms with Crippen LogP contribution in [0.25, 0.3) is 0 Å². The summed E-state index contributed by atoms with van der Waals surface area (Å²) < 4.78 is 0.875. The maximum absolute atomic E-state index is 9.62. The molecule has 2 rings (SSSR count). The van der Waals surface area contributed by atoms with Crippen LogP contribution in [0.2, 0.25) is 5.02 Å². The van der Waals surface area contributed by atoms with E-state index in [1.807, 2.05) is 18.2 Å². The van der Waals surface area contributed by atoms with Crippen LogP contribution in [-0.4, -0.2) is 11.3 Å². The van der Waals surface area contributed by atoms with Gasteiger partial charge in [0, 0.05) is 10.0 Å². The first-order valence-corrected chi connectivity index (χ1v) is 6.36. The first-order valence-electron chi connectivity index (χ1n) is 5.19. The number of rotatable bonds is 3. The van der Waals surface area contributed by atoms with Crippen molar-refractivity contribution in [3.05, 3.63) is 57.5 Å². The Bertz CT molecular complexity index is 587. The van der Waals surface area contributed by atoms with Gasteiger partial charge in [0.1, 0.15) is 5.75 Å². The zero-order chi connectivity index (χ0) is 13.0. The minimum absolute atomic E-state index is 0.169. The number of phenols is 1. The average Bonchev–Trinajstić information content (AvgIpc) is 2.36. The molecule has 2 N–H and O–H groups in total. The fraction of sp³-hybridized carbons (Fsp3) is 0. The van der Waals surface area contributed by atoms with Gasteiger partial charge in [0.25, 0.3) is 0 Å². The van der Waals surface area contributed by atoms with Crippen LogP contribution in [0, 0.1) is 0 Å². The number of phenolic OH excluding ortho intramolecular Hbond substituents is 1. The minimum Gasteiger partial charge on any atom is -0.507 e. The maximum Gasteiger partial charge on any atom is 0.124 e. The molecule has 2 aromatic rings. The lowest BCUT2D eigenvalue weighted by atomic mass is 10.2. The smallest absolute Gasteiger partial charge is 0.124 e. The topological polar surface area (TPSA) is 44.6 Å². The maximum atomic E-state index is 9.62. The van der Waals surface area contributed by atoms with Gasteiger partial charge in [0.05, 0.1) is 16.9 Å². The molecular formula is C13H10BrClN2O. The van der Waals surface area contributed by atoms with E-state index >= 15 is 0 Å². The van der Waals surface area contributed by atoms with Crippen molar-refractivity contribution in [2.24, 2.45) is 5.10 Å². The monoisotopic (exact) mass is 324 g/mol. The Morgan fingerprint density at radius 3 is 2.78 bits per heavy atom. The van der Waals surface area contributed by atoms with Crippen LogP contribution >= 0.6 is 27.5 Å². The van der Waals surface area contributed by atoms with E-state index < -0.39 is 0 Å². The van der Waals surface area contributed by atoms with Crippen LogP contribution < -0.4 is 5.43 Å². The number of hydrogen-bond acceptors (Lipinski definition) is 3. The van der Waals surface area contributed by atoms with Gasteiger partial charge in [-0.1, -0.05) is 39.7 Å². The minimum atomic E-state index is 0.169. The Hall–Kier alpha value is -1.52. The number of hydrogen-bond donors (Lipinski definition) is 2. The van der Waals surface area contributed by atoms with Gasteiger partial charge in [-0.05, 0) is 30.3 Å². The lowest BCUT2D eigenvalue weighted by Gasteiger charge is -2.02. The predicted octanol–water partition coefficient (Wildman–Crippen LogP) is 4.25. The normalized spacial score (nSPS) is 10.8. The molecule has 0 fully saturated rings. The van der Waals surface area contributed by atoms with Crippen molar-refractivity contribution >= 4 is 39.4 Å². The molecule has 0 spiro atoms. The average molecular weight is 326 g/mol. The Labute approximate surface area is 118 Å². The highest BCUT2D eigenvalue weighted by Crippen LogP contribution is 2.22. The van der Waals surface area contributed by atoms with Crippen molar-refractivity contribution in [3.8, 4) is 5.75 Å². The van der Waals surface area contributed by atoms with E-state index in [1.165, 1.54) is 6.21 Å². The quantitative estimate of drug-likeness (QED) is 0.654. The van der Waals surface area contributed by atoms with Crippen molar-refractivity contribution in [2.75, 3.05) is 5.43 Å². The first kappa shape index (κ1) is 12.9. The third-order valence-corrected chi connectivity index (χ3v) is 3.07. The lowest BCUT2D eigenvalue weighted by molar-refractivity contribution is 0.474.